The van der Waals surface area contributed by atoms with Gasteiger partial charge in [0.15, 0.2) is 12.6 Å². The summed E-state index contributed by atoms with van der Waals surface area (Å²) in [6.07, 6.45) is 74.1. The maximum atomic E-state index is 13.4. The lowest BCUT2D eigenvalue weighted by Crippen LogP contribution is -2.65. The van der Waals surface area contributed by atoms with E-state index >= 15 is 0 Å². The average molecular weight is 1360 g/mol. The number of rotatable bonds is 67. The molecule has 12 unspecified atom stereocenters. The van der Waals surface area contributed by atoms with Gasteiger partial charge in [-0.2, -0.15) is 0 Å². The van der Waals surface area contributed by atoms with Crippen molar-refractivity contribution < 1.29 is 64.6 Å². The van der Waals surface area contributed by atoms with Gasteiger partial charge in [0.1, 0.15) is 48.8 Å². The summed E-state index contributed by atoms with van der Waals surface area (Å²) in [6, 6.07) is -0.921. The Kier molecular flexibility index (Phi) is 61.3. The van der Waals surface area contributed by atoms with Crippen molar-refractivity contribution in [2.24, 2.45) is 0 Å². The van der Waals surface area contributed by atoms with Crippen molar-refractivity contribution in [3.05, 3.63) is 72.9 Å². The van der Waals surface area contributed by atoms with Gasteiger partial charge in [-0.25, -0.2) is 0 Å². The van der Waals surface area contributed by atoms with E-state index in [0.717, 1.165) is 77.0 Å². The van der Waals surface area contributed by atoms with E-state index in [1.54, 1.807) is 6.08 Å². The van der Waals surface area contributed by atoms with Crippen molar-refractivity contribution in [3.63, 3.8) is 0 Å². The fourth-order valence-electron chi connectivity index (χ4n) is 13.1. The lowest BCUT2D eigenvalue weighted by molar-refractivity contribution is -0.359. The third kappa shape index (κ3) is 48.3. The Bertz CT molecular complexity index is 1890. The summed E-state index contributed by atoms with van der Waals surface area (Å²) >= 11 is 0. The monoisotopic (exact) mass is 1360 g/mol. The van der Waals surface area contributed by atoms with Crippen LogP contribution in [0.3, 0.4) is 0 Å². The van der Waals surface area contributed by atoms with Gasteiger partial charge in [0.05, 0.1) is 32.0 Å². The Hall–Kier alpha value is -2.57. The van der Waals surface area contributed by atoms with E-state index in [1.807, 2.05) is 6.08 Å². The summed E-state index contributed by atoms with van der Waals surface area (Å²) in [4.78, 5) is 13.4. The van der Waals surface area contributed by atoms with Crippen LogP contribution in [0, 0.1) is 0 Å². The first-order valence-corrected chi connectivity index (χ1v) is 40.2. The molecular formula is C82H149NO13. The van der Waals surface area contributed by atoms with Gasteiger partial charge in [-0.1, -0.05) is 350 Å². The largest absolute Gasteiger partial charge is 0.394 e. The molecule has 0 aromatic heterocycles. The quantitative estimate of drug-likeness (QED) is 0.0204. The fourth-order valence-corrected chi connectivity index (χ4v) is 13.1. The molecule has 0 saturated carbocycles. The second-order valence-corrected chi connectivity index (χ2v) is 28.2. The van der Waals surface area contributed by atoms with Crippen molar-refractivity contribution in [2.75, 3.05) is 19.8 Å². The maximum absolute atomic E-state index is 13.4. The number of hydrogen-bond acceptors (Lipinski definition) is 13. The number of amides is 1. The molecule has 560 valence electrons. The number of unbranched alkanes of at least 4 members (excludes halogenated alkanes) is 44. The molecule has 9 N–H and O–H groups in total. The van der Waals surface area contributed by atoms with Crippen LogP contribution in [0.4, 0.5) is 0 Å². The van der Waals surface area contributed by atoms with Gasteiger partial charge < -0.3 is 65.1 Å². The van der Waals surface area contributed by atoms with Crippen molar-refractivity contribution in [2.45, 2.75) is 421 Å². The molecule has 0 aliphatic carbocycles. The number of nitrogens with one attached hydrogen (secondary N) is 1. The Balaban J connectivity index is 1.62. The van der Waals surface area contributed by atoms with Gasteiger partial charge in [0.2, 0.25) is 5.91 Å². The van der Waals surface area contributed by atoms with Crippen LogP contribution in [0.15, 0.2) is 72.9 Å². The van der Waals surface area contributed by atoms with E-state index in [2.05, 4.69) is 79.9 Å². The molecule has 0 aromatic rings. The minimum Gasteiger partial charge on any atom is -0.394 e. The Morgan fingerprint density at radius 1 is 0.385 bits per heavy atom. The van der Waals surface area contributed by atoms with Crippen LogP contribution in [0.2, 0.25) is 0 Å². The first-order chi connectivity index (χ1) is 47.1. The molecule has 2 heterocycles. The summed E-state index contributed by atoms with van der Waals surface area (Å²) in [5.74, 6) is -0.238. The molecule has 0 aromatic carbocycles. The molecule has 2 fully saturated rings. The summed E-state index contributed by atoms with van der Waals surface area (Å²) in [7, 11) is 0. The number of carbonyl (C=O) groups excluding carboxylic acids is 1. The summed E-state index contributed by atoms with van der Waals surface area (Å²) < 4.78 is 22.9. The number of carbonyl (C=O) groups is 1. The zero-order valence-corrected chi connectivity index (χ0v) is 61.4. The Morgan fingerprint density at radius 2 is 0.719 bits per heavy atom. The van der Waals surface area contributed by atoms with E-state index in [9.17, 15) is 45.6 Å². The minimum absolute atomic E-state index is 0.238. The molecule has 0 radical (unpaired) electrons. The fraction of sp³-hybridized carbons (Fsp3) is 0.841. The molecule has 2 rings (SSSR count). The molecule has 12 atom stereocenters. The molecule has 2 aliphatic heterocycles. The molecular weight excluding hydrogens is 1210 g/mol. The molecule has 96 heavy (non-hydrogen) atoms. The lowest BCUT2D eigenvalue weighted by atomic mass is 9.97. The highest BCUT2D eigenvalue weighted by Gasteiger charge is 2.51. The zero-order valence-electron chi connectivity index (χ0n) is 61.4. The van der Waals surface area contributed by atoms with Crippen molar-refractivity contribution >= 4 is 5.91 Å². The van der Waals surface area contributed by atoms with Gasteiger partial charge in [0, 0.05) is 6.42 Å². The van der Waals surface area contributed by atoms with E-state index in [-0.39, 0.29) is 18.9 Å². The predicted molar refractivity (Wildman–Crippen MR) is 397 cm³/mol. The second-order valence-electron chi connectivity index (χ2n) is 28.2. The van der Waals surface area contributed by atoms with Crippen molar-refractivity contribution in [1.82, 2.24) is 5.32 Å². The standard InChI is InChI=1S/C82H149NO13/c1-3-5-7-9-11-13-15-17-19-21-23-25-27-29-31-33-34-35-36-38-39-41-43-45-47-49-51-53-55-57-59-61-63-65-71(86)70(69-93-81-79(92)77(90)80(73(68-85)95-81)96-82-78(91)76(89)75(88)72(67-84)94-82)83-74(87)66-64-62-60-58-56-54-52-50-48-46-44-42-40-37-32-30-28-26-24-22-20-18-16-14-12-10-8-6-4-2/h6,8,12,14,18,20,24,26,30,32,63,65,70-73,75-82,84-86,88-92H,3-5,7,9-11,13,15-17,19,21-23,25,27-29,31,33-62,64,66-69H2,1-2H3,(H,83,87)/b8-6-,14-12-,20-18-,26-24-,32-30-,65-63+. The highest BCUT2D eigenvalue weighted by atomic mass is 16.7. The van der Waals surface area contributed by atoms with E-state index < -0.39 is 86.8 Å². The van der Waals surface area contributed by atoms with Crippen molar-refractivity contribution in [3.8, 4) is 0 Å². The molecule has 0 spiro atoms. The SMILES string of the molecule is CC/C=C\C/C=C\C/C=C\C/C=C\C/C=C\CCCCCCCCCCCCCCCC(=O)NC(COC1OC(CO)C(OC2OC(CO)C(O)C(O)C2O)C(O)C1O)C(O)/C=C/CCCCCCCCCCCCCCCCCCCCCCCCCCCCCCCCC. The molecule has 14 nitrogen and oxygen atoms in total. The van der Waals surface area contributed by atoms with Crippen LogP contribution in [-0.4, -0.2) is 140 Å². The zero-order chi connectivity index (χ0) is 69.4. The van der Waals surface area contributed by atoms with Gasteiger partial charge in [-0.3, -0.25) is 4.79 Å². The van der Waals surface area contributed by atoms with Crippen LogP contribution in [-0.2, 0) is 23.7 Å². The van der Waals surface area contributed by atoms with E-state index in [4.69, 9.17) is 18.9 Å². The number of allylic oxidation sites excluding steroid dienone is 11. The highest BCUT2D eigenvalue weighted by molar-refractivity contribution is 5.76. The van der Waals surface area contributed by atoms with Crippen LogP contribution in [0.25, 0.3) is 0 Å². The molecule has 2 aliphatic rings. The Morgan fingerprint density at radius 3 is 1.10 bits per heavy atom. The topological polar surface area (TPSA) is 228 Å². The highest BCUT2D eigenvalue weighted by Crippen LogP contribution is 2.30. The molecule has 14 heteroatoms. The first kappa shape index (κ1) is 89.5. The first-order valence-electron chi connectivity index (χ1n) is 40.2. The van der Waals surface area contributed by atoms with E-state index in [1.165, 1.54) is 244 Å². The van der Waals surface area contributed by atoms with E-state index in [0.29, 0.717) is 6.42 Å². The molecule has 2 saturated heterocycles. The number of hydrogen-bond donors (Lipinski definition) is 9. The van der Waals surface area contributed by atoms with Crippen LogP contribution >= 0.6 is 0 Å². The van der Waals surface area contributed by atoms with Crippen LogP contribution in [0.5, 0.6) is 0 Å². The normalized spacial score (nSPS) is 22.6. The van der Waals surface area contributed by atoms with Gasteiger partial charge in [-0.05, 0) is 64.2 Å². The average Bonchev–Trinajstić information content (AvgIpc) is 0.854. The second kappa shape index (κ2) is 65.7. The van der Waals surface area contributed by atoms with Crippen LogP contribution < -0.4 is 5.32 Å². The molecule has 0 bridgehead atoms. The van der Waals surface area contributed by atoms with Gasteiger partial charge in [-0.15, -0.1) is 0 Å². The summed E-state index contributed by atoms with van der Waals surface area (Å²) in [5, 5.41) is 87.7. The lowest BCUT2D eigenvalue weighted by Gasteiger charge is -2.46. The predicted octanol–water partition coefficient (Wildman–Crippen LogP) is 18.1. The third-order valence-electron chi connectivity index (χ3n) is 19.4. The summed E-state index contributed by atoms with van der Waals surface area (Å²) in [5.41, 5.74) is 0. The summed E-state index contributed by atoms with van der Waals surface area (Å²) in [6.45, 7) is 2.73. The number of aliphatic hydroxyl groups is 8. The number of aliphatic hydroxyl groups excluding tert-OH is 8. The third-order valence-corrected chi connectivity index (χ3v) is 19.4. The molecule has 1 amide bonds. The smallest absolute Gasteiger partial charge is 0.220 e. The minimum atomic E-state index is -1.79. The Labute approximate surface area is 587 Å². The van der Waals surface area contributed by atoms with Gasteiger partial charge >= 0.3 is 0 Å². The van der Waals surface area contributed by atoms with Gasteiger partial charge in [0.25, 0.3) is 0 Å². The van der Waals surface area contributed by atoms with Crippen LogP contribution in [0.1, 0.15) is 348 Å². The maximum Gasteiger partial charge on any atom is 0.220 e. The van der Waals surface area contributed by atoms with Crippen molar-refractivity contribution in [1.29, 1.82) is 0 Å². The number of ether oxygens (including phenoxy) is 4.